The Labute approximate surface area is 153 Å². The van der Waals surface area contributed by atoms with Crippen LogP contribution in [0.15, 0.2) is 60.9 Å². The van der Waals surface area contributed by atoms with Crippen LogP contribution in [0, 0.1) is 13.8 Å². The molecule has 3 rings (SSSR count). The van der Waals surface area contributed by atoms with E-state index in [9.17, 15) is 4.79 Å². The molecule has 0 aliphatic heterocycles. The number of aromatic nitrogens is 2. The Balaban J connectivity index is 1.57. The molecular formula is C21H22N4O. The monoisotopic (exact) mass is 346 g/mol. The summed E-state index contributed by atoms with van der Waals surface area (Å²) in [4.78, 5) is 20.9. The van der Waals surface area contributed by atoms with E-state index in [0.717, 1.165) is 29.8 Å². The van der Waals surface area contributed by atoms with E-state index in [1.54, 1.807) is 12.4 Å². The summed E-state index contributed by atoms with van der Waals surface area (Å²) in [7, 11) is 0. The third-order valence-corrected chi connectivity index (χ3v) is 4.17. The number of aryl methyl sites for hydroxylation is 2. The molecule has 1 heterocycles. The smallest absolute Gasteiger partial charge is 0.258 e. The average molecular weight is 346 g/mol. The molecule has 0 unspecified atom stereocenters. The first kappa shape index (κ1) is 17.6. The van der Waals surface area contributed by atoms with Gasteiger partial charge in [-0.05, 0) is 37.0 Å². The van der Waals surface area contributed by atoms with E-state index in [4.69, 9.17) is 0 Å². The molecule has 5 heteroatoms. The quantitative estimate of drug-likeness (QED) is 0.708. The number of nitrogens with one attached hydrogen (secondary N) is 2. The number of hydrogen-bond donors (Lipinski definition) is 2. The van der Waals surface area contributed by atoms with Gasteiger partial charge >= 0.3 is 0 Å². The Hall–Kier alpha value is -3.21. The lowest BCUT2D eigenvalue weighted by Crippen LogP contribution is -2.15. The molecule has 26 heavy (non-hydrogen) atoms. The Kier molecular flexibility index (Phi) is 5.59. The fourth-order valence-electron chi connectivity index (χ4n) is 2.70. The van der Waals surface area contributed by atoms with Crippen LogP contribution in [-0.2, 0) is 6.42 Å². The van der Waals surface area contributed by atoms with E-state index in [2.05, 4.69) is 32.7 Å². The summed E-state index contributed by atoms with van der Waals surface area (Å²) < 4.78 is 0. The second-order valence-corrected chi connectivity index (χ2v) is 6.18. The van der Waals surface area contributed by atoms with Crippen molar-refractivity contribution in [1.29, 1.82) is 0 Å². The molecule has 0 aliphatic rings. The maximum absolute atomic E-state index is 12.4. The van der Waals surface area contributed by atoms with E-state index in [1.165, 1.54) is 5.56 Å². The molecule has 0 radical (unpaired) electrons. The third kappa shape index (κ3) is 4.45. The van der Waals surface area contributed by atoms with Crippen LogP contribution < -0.4 is 10.6 Å². The summed E-state index contributed by atoms with van der Waals surface area (Å²) in [6.07, 6.45) is 3.97. The summed E-state index contributed by atoms with van der Waals surface area (Å²) in [6, 6.07) is 16.1. The van der Waals surface area contributed by atoms with Crippen LogP contribution in [0.1, 0.15) is 27.0 Å². The number of para-hydroxylation sites is 1. The molecule has 0 saturated carbocycles. The number of amides is 1. The van der Waals surface area contributed by atoms with E-state index in [1.807, 2.05) is 50.2 Å². The minimum Gasteiger partial charge on any atom is -0.354 e. The van der Waals surface area contributed by atoms with Crippen LogP contribution in [0.4, 0.5) is 11.6 Å². The second kappa shape index (κ2) is 8.25. The van der Waals surface area contributed by atoms with Gasteiger partial charge in [-0.1, -0.05) is 48.5 Å². The summed E-state index contributed by atoms with van der Waals surface area (Å²) in [5.74, 6) is 0.308. The number of carbonyl (C=O) groups excluding carboxylic acids is 1. The Morgan fingerprint density at radius 1 is 0.923 bits per heavy atom. The van der Waals surface area contributed by atoms with Gasteiger partial charge in [0.25, 0.3) is 5.91 Å². The fraction of sp³-hybridized carbons (Fsp3) is 0.190. The predicted octanol–water partition coefficient (Wildman–Crippen LogP) is 4.00. The largest absolute Gasteiger partial charge is 0.354 e. The number of hydrogen-bond acceptors (Lipinski definition) is 4. The van der Waals surface area contributed by atoms with Crippen molar-refractivity contribution >= 4 is 17.5 Å². The van der Waals surface area contributed by atoms with Crippen LogP contribution in [0.25, 0.3) is 0 Å². The molecule has 1 aromatic heterocycles. The standard InChI is InChI=1S/C21H22N4O/c1-15-7-6-8-16(2)19(15)25-20(26)18-13-23-21(24-14-18)22-12-11-17-9-4-3-5-10-17/h3-10,13-14H,11-12H2,1-2H3,(H,25,26)(H,22,23,24). The van der Waals surface area contributed by atoms with E-state index >= 15 is 0 Å². The first-order valence-electron chi connectivity index (χ1n) is 8.61. The lowest BCUT2D eigenvalue weighted by Gasteiger charge is -2.11. The molecule has 2 N–H and O–H groups in total. The molecule has 132 valence electrons. The molecule has 0 saturated heterocycles. The topological polar surface area (TPSA) is 66.9 Å². The first-order valence-corrected chi connectivity index (χ1v) is 8.61. The summed E-state index contributed by atoms with van der Waals surface area (Å²) in [5.41, 5.74) is 4.57. The predicted molar refractivity (Wildman–Crippen MR) is 105 cm³/mol. The minimum atomic E-state index is -0.210. The zero-order chi connectivity index (χ0) is 18.4. The zero-order valence-corrected chi connectivity index (χ0v) is 15.0. The molecule has 3 aromatic rings. The number of nitrogens with zero attached hydrogens (tertiary/aromatic N) is 2. The maximum Gasteiger partial charge on any atom is 0.258 e. The van der Waals surface area contributed by atoms with Gasteiger partial charge in [0.05, 0.1) is 5.56 Å². The van der Waals surface area contributed by atoms with Crippen molar-refractivity contribution in [2.24, 2.45) is 0 Å². The molecule has 0 atom stereocenters. The Bertz CT molecular complexity index is 856. The van der Waals surface area contributed by atoms with Crippen molar-refractivity contribution in [3.8, 4) is 0 Å². The highest BCUT2D eigenvalue weighted by atomic mass is 16.1. The number of rotatable bonds is 6. The summed E-state index contributed by atoms with van der Waals surface area (Å²) in [5, 5.41) is 6.11. The molecule has 5 nitrogen and oxygen atoms in total. The van der Waals surface area contributed by atoms with E-state index in [0.29, 0.717) is 11.5 Å². The van der Waals surface area contributed by atoms with Crippen molar-refractivity contribution in [2.45, 2.75) is 20.3 Å². The van der Waals surface area contributed by atoms with Gasteiger partial charge in [0.15, 0.2) is 0 Å². The van der Waals surface area contributed by atoms with Crippen molar-refractivity contribution in [3.63, 3.8) is 0 Å². The fourth-order valence-corrected chi connectivity index (χ4v) is 2.70. The van der Waals surface area contributed by atoms with Crippen molar-refractivity contribution in [3.05, 3.63) is 83.2 Å². The highest BCUT2D eigenvalue weighted by Crippen LogP contribution is 2.20. The number of anilines is 2. The normalized spacial score (nSPS) is 10.4. The van der Waals surface area contributed by atoms with Gasteiger partial charge in [0, 0.05) is 24.6 Å². The van der Waals surface area contributed by atoms with Crippen LogP contribution in [0.5, 0.6) is 0 Å². The minimum absolute atomic E-state index is 0.210. The van der Waals surface area contributed by atoms with Gasteiger partial charge in [-0.15, -0.1) is 0 Å². The van der Waals surface area contributed by atoms with Crippen LogP contribution in [0.2, 0.25) is 0 Å². The average Bonchev–Trinajstić information content (AvgIpc) is 2.66. The van der Waals surface area contributed by atoms with Crippen molar-refractivity contribution in [2.75, 3.05) is 17.2 Å². The van der Waals surface area contributed by atoms with Gasteiger partial charge < -0.3 is 10.6 Å². The molecule has 1 amide bonds. The van der Waals surface area contributed by atoms with Crippen LogP contribution >= 0.6 is 0 Å². The van der Waals surface area contributed by atoms with Gasteiger partial charge in [-0.2, -0.15) is 0 Å². The van der Waals surface area contributed by atoms with E-state index < -0.39 is 0 Å². The second-order valence-electron chi connectivity index (χ2n) is 6.18. The maximum atomic E-state index is 12.4. The molecule has 0 fully saturated rings. The van der Waals surface area contributed by atoms with Gasteiger partial charge in [0.2, 0.25) is 5.95 Å². The SMILES string of the molecule is Cc1cccc(C)c1NC(=O)c1cnc(NCCc2ccccc2)nc1. The molecule has 0 bridgehead atoms. The van der Waals surface area contributed by atoms with E-state index in [-0.39, 0.29) is 5.91 Å². The molecule has 0 aliphatic carbocycles. The van der Waals surface area contributed by atoms with Gasteiger partial charge in [-0.25, -0.2) is 9.97 Å². The van der Waals surface area contributed by atoms with Crippen molar-refractivity contribution < 1.29 is 4.79 Å². The lowest BCUT2D eigenvalue weighted by molar-refractivity contribution is 0.102. The number of benzene rings is 2. The molecular weight excluding hydrogens is 324 g/mol. The van der Waals surface area contributed by atoms with Crippen LogP contribution in [0.3, 0.4) is 0 Å². The Morgan fingerprint density at radius 2 is 1.58 bits per heavy atom. The zero-order valence-electron chi connectivity index (χ0n) is 15.0. The number of carbonyl (C=O) groups is 1. The molecule has 2 aromatic carbocycles. The summed E-state index contributed by atoms with van der Waals surface area (Å²) >= 11 is 0. The summed E-state index contributed by atoms with van der Waals surface area (Å²) in [6.45, 7) is 4.68. The van der Waals surface area contributed by atoms with Crippen molar-refractivity contribution in [1.82, 2.24) is 9.97 Å². The van der Waals surface area contributed by atoms with Crippen LogP contribution in [-0.4, -0.2) is 22.4 Å². The lowest BCUT2D eigenvalue weighted by atomic mass is 10.1. The van der Waals surface area contributed by atoms with Gasteiger partial charge in [-0.3, -0.25) is 4.79 Å². The highest BCUT2D eigenvalue weighted by Gasteiger charge is 2.10. The molecule has 0 spiro atoms. The Morgan fingerprint density at radius 3 is 2.23 bits per heavy atom. The highest BCUT2D eigenvalue weighted by molar-refractivity contribution is 6.04. The first-order chi connectivity index (χ1) is 12.6. The van der Waals surface area contributed by atoms with Gasteiger partial charge in [0.1, 0.15) is 0 Å². The third-order valence-electron chi connectivity index (χ3n) is 4.17.